The smallest absolute Gasteiger partial charge is 0.255 e. The molecule has 33 heavy (non-hydrogen) atoms. The number of para-hydroxylation sites is 2. The molecule has 1 atom stereocenters. The summed E-state index contributed by atoms with van der Waals surface area (Å²) in [5.41, 5.74) is 2.59. The lowest BCUT2D eigenvalue weighted by Crippen LogP contribution is -2.31. The van der Waals surface area contributed by atoms with Crippen LogP contribution in [-0.4, -0.2) is 41.0 Å². The third kappa shape index (κ3) is 4.34. The van der Waals surface area contributed by atoms with E-state index in [0.29, 0.717) is 53.4 Å². The van der Waals surface area contributed by atoms with Crippen molar-refractivity contribution in [3.8, 4) is 17.2 Å². The van der Waals surface area contributed by atoms with Crippen LogP contribution in [0.15, 0.2) is 60.1 Å². The first-order chi connectivity index (χ1) is 16.1. The number of amides is 1. The topological polar surface area (TPSA) is 99.5 Å². The molecule has 0 aliphatic carbocycles. The van der Waals surface area contributed by atoms with Crippen molar-refractivity contribution >= 4 is 17.5 Å². The number of carbonyl (C=O) groups is 1. The van der Waals surface area contributed by atoms with Crippen molar-refractivity contribution in [2.24, 2.45) is 0 Å². The minimum atomic E-state index is -0.521. The Bertz CT molecular complexity index is 1190. The fourth-order valence-electron chi connectivity index (χ4n) is 3.86. The van der Waals surface area contributed by atoms with Crippen LogP contribution in [0, 0.1) is 0 Å². The minimum Gasteiger partial charge on any atom is -0.493 e. The highest BCUT2D eigenvalue weighted by Crippen LogP contribution is 2.39. The van der Waals surface area contributed by atoms with Gasteiger partial charge in [0.25, 0.3) is 5.91 Å². The molecule has 1 amide bonds. The Kier molecular flexibility index (Phi) is 6.48. The molecule has 2 heterocycles. The highest BCUT2D eigenvalue weighted by molar-refractivity contribution is 6.06. The summed E-state index contributed by atoms with van der Waals surface area (Å²) in [6, 6.07) is 12.4. The maximum atomic E-state index is 13.6. The van der Waals surface area contributed by atoms with Crippen LogP contribution < -0.4 is 24.8 Å². The number of ether oxygens (including phenoxy) is 3. The molecule has 0 fully saturated rings. The Balaban J connectivity index is 1.76. The summed E-state index contributed by atoms with van der Waals surface area (Å²) in [6.45, 7) is 6.67. The van der Waals surface area contributed by atoms with Gasteiger partial charge in [-0.15, -0.1) is 0 Å². The molecule has 1 aliphatic rings. The zero-order valence-electron chi connectivity index (χ0n) is 19.1. The van der Waals surface area contributed by atoms with E-state index < -0.39 is 6.04 Å². The zero-order valence-corrected chi connectivity index (χ0v) is 19.1. The highest BCUT2D eigenvalue weighted by atomic mass is 16.5. The molecule has 0 saturated carbocycles. The van der Waals surface area contributed by atoms with Crippen molar-refractivity contribution in [2.45, 2.75) is 26.8 Å². The minimum absolute atomic E-state index is 0.272. The molecule has 4 rings (SSSR count). The van der Waals surface area contributed by atoms with Gasteiger partial charge in [0.1, 0.15) is 18.1 Å². The summed E-state index contributed by atoms with van der Waals surface area (Å²) in [5.74, 6) is 2.10. The van der Waals surface area contributed by atoms with E-state index in [4.69, 9.17) is 14.2 Å². The molecule has 1 aromatic heterocycles. The van der Waals surface area contributed by atoms with Crippen LogP contribution >= 0.6 is 0 Å². The van der Waals surface area contributed by atoms with E-state index in [9.17, 15) is 4.79 Å². The second-order valence-electron chi connectivity index (χ2n) is 7.32. The summed E-state index contributed by atoms with van der Waals surface area (Å²) in [6.07, 6.45) is 1.46. The number of benzene rings is 2. The largest absolute Gasteiger partial charge is 0.493 e. The molecule has 9 nitrogen and oxygen atoms in total. The van der Waals surface area contributed by atoms with Crippen LogP contribution in [0.25, 0.3) is 0 Å². The molecule has 0 radical (unpaired) electrons. The Morgan fingerprint density at radius 2 is 1.85 bits per heavy atom. The van der Waals surface area contributed by atoms with Crippen LogP contribution in [0.1, 0.15) is 32.4 Å². The van der Waals surface area contributed by atoms with Gasteiger partial charge in [0.2, 0.25) is 5.95 Å². The summed E-state index contributed by atoms with van der Waals surface area (Å²) < 4.78 is 18.6. The quantitative estimate of drug-likeness (QED) is 0.536. The highest BCUT2D eigenvalue weighted by Gasteiger charge is 2.34. The van der Waals surface area contributed by atoms with Gasteiger partial charge in [-0.3, -0.25) is 4.79 Å². The van der Waals surface area contributed by atoms with Crippen molar-refractivity contribution in [1.29, 1.82) is 0 Å². The lowest BCUT2D eigenvalue weighted by Gasteiger charge is -2.29. The number of hydrogen-bond acceptors (Lipinski definition) is 7. The van der Waals surface area contributed by atoms with Gasteiger partial charge >= 0.3 is 0 Å². The van der Waals surface area contributed by atoms with Crippen molar-refractivity contribution in [3.63, 3.8) is 0 Å². The third-order valence-electron chi connectivity index (χ3n) is 5.28. The summed E-state index contributed by atoms with van der Waals surface area (Å²) in [5, 5.41) is 10.6. The predicted octanol–water partition coefficient (Wildman–Crippen LogP) is 4.01. The first-order valence-corrected chi connectivity index (χ1v) is 10.8. The molecular formula is C24H27N5O4. The number of nitrogens with zero attached hydrogens (tertiary/aromatic N) is 3. The number of allylic oxidation sites excluding steroid dienone is 1. The Morgan fingerprint density at radius 1 is 1.09 bits per heavy atom. The van der Waals surface area contributed by atoms with Gasteiger partial charge in [-0.2, -0.15) is 10.1 Å². The van der Waals surface area contributed by atoms with E-state index in [-0.39, 0.29) is 5.91 Å². The number of rotatable bonds is 8. The maximum absolute atomic E-state index is 13.6. The SMILES string of the molecule is CCOc1ccccc1NC(=O)C1=C(C)Nc2ncnn2C1c1ccc(OCC)c(OC)c1. The Hall–Kier alpha value is -4.01. The van der Waals surface area contributed by atoms with E-state index in [1.165, 1.54) is 6.33 Å². The second kappa shape index (κ2) is 9.64. The molecule has 2 N–H and O–H groups in total. The van der Waals surface area contributed by atoms with Gasteiger partial charge in [-0.1, -0.05) is 18.2 Å². The summed E-state index contributed by atoms with van der Waals surface area (Å²) in [4.78, 5) is 17.9. The van der Waals surface area contributed by atoms with Gasteiger partial charge in [-0.25, -0.2) is 4.68 Å². The molecule has 9 heteroatoms. The average molecular weight is 450 g/mol. The monoisotopic (exact) mass is 449 g/mol. The third-order valence-corrected chi connectivity index (χ3v) is 5.28. The van der Waals surface area contributed by atoms with Gasteiger partial charge in [0.15, 0.2) is 11.5 Å². The zero-order chi connectivity index (χ0) is 23.4. The van der Waals surface area contributed by atoms with Gasteiger partial charge in [-0.05, 0) is 50.6 Å². The lowest BCUT2D eigenvalue weighted by molar-refractivity contribution is -0.113. The van der Waals surface area contributed by atoms with Gasteiger partial charge in [0.05, 0.1) is 31.6 Å². The van der Waals surface area contributed by atoms with Crippen molar-refractivity contribution in [3.05, 3.63) is 65.6 Å². The van der Waals surface area contributed by atoms with Crippen LogP contribution in [0.2, 0.25) is 0 Å². The standard InChI is InChI=1S/C24H27N5O4/c1-5-32-18-10-8-7-9-17(18)28-23(30)21-15(3)27-24-25-14-26-29(24)22(21)16-11-12-19(33-6-2)20(13-16)31-4/h7-14,22H,5-6H2,1-4H3,(H,28,30)(H,25,26,27). The van der Waals surface area contributed by atoms with Crippen LogP contribution in [0.4, 0.5) is 11.6 Å². The van der Waals surface area contributed by atoms with Crippen LogP contribution in [0.5, 0.6) is 17.2 Å². The van der Waals surface area contributed by atoms with Crippen molar-refractivity contribution in [2.75, 3.05) is 31.0 Å². The Labute approximate surface area is 192 Å². The van der Waals surface area contributed by atoms with Crippen LogP contribution in [0.3, 0.4) is 0 Å². The molecule has 172 valence electrons. The predicted molar refractivity (Wildman–Crippen MR) is 125 cm³/mol. The van der Waals surface area contributed by atoms with E-state index in [0.717, 1.165) is 5.56 Å². The number of carbonyl (C=O) groups excluding carboxylic acids is 1. The van der Waals surface area contributed by atoms with E-state index in [1.807, 2.05) is 63.2 Å². The summed E-state index contributed by atoms with van der Waals surface area (Å²) >= 11 is 0. The molecule has 0 spiro atoms. The molecule has 0 bridgehead atoms. The molecular weight excluding hydrogens is 422 g/mol. The van der Waals surface area contributed by atoms with Crippen molar-refractivity contribution in [1.82, 2.24) is 14.8 Å². The van der Waals surface area contributed by atoms with Crippen molar-refractivity contribution < 1.29 is 19.0 Å². The van der Waals surface area contributed by atoms with Gasteiger partial charge < -0.3 is 24.8 Å². The number of fused-ring (bicyclic) bond motifs is 1. The first-order valence-electron chi connectivity index (χ1n) is 10.8. The number of aromatic nitrogens is 3. The lowest BCUT2D eigenvalue weighted by atomic mass is 9.94. The van der Waals surface area contributed by atoms with Gasteiger partial charge in [0, 0.05) is 5.70 Å². The van der Waals surface area contributed by atoms with E-state index in [2.05, 4.69) is 20.7 Å². The van der Waals surface area contributed by atoms with Crippen LogP contribution in [-0.2, 0) is 4.79 Å². The number of nitrogens with one attached hydrogen (secondary N) is 2. The fraction of sp³-hybridized carbons (Fsp3) is 0.292. The number of anilines is 2. The maximum Gasteiger partial charge on any atom is 0.255 e. The van der Waals surface area contributed by atoms with E-state index in [1.54, 1.807) is 11.8 Å². The average Bonchev–Trinajstić information content (AvgIpc) is 3.28. The normalized spacial score (nSPS) is 14.8. The molecule has 0 saturated heterocycles. The second-order valence-corrected chi connectivity index (χ2v) is 7.32. The molecule has 3 aromatic rings. The number of hydrogen-bond donors (Lipinski definition) is 2. The van der Waals surface area contributed by atoms with E-state index >= 15 is 0 Å². The summed E-state index contributed by atoms with van der Waals surface area (Å²) in [7, 11) is 1.59. The molecule has 1 aliphatic heterocycles. The Morgan fingerprint density at radius 3 is 2.61 bits per heavy atom. The fourth-order valence-corrected chi connectivity index (χ4v) is 3.86. The molecule has 1 unspecified atom stereocenters. The first kappa shape index (κ1) is 22.2. The molecule has 2 aromatic carbocycles. The number of methoxy groups -OCH3 is 1.